The summed E-state index contributed by atoms with van der Waals surface area (Å²) in [5, 5.41) is 6.50. The zero-order valence-electron chi connectivity index (χ0n) is 12.8. The average Bonchev–Trinajstić information content (AvgIpc) is 3.06. The highest BCUT2D eigenvalue weighted by Gasteiger charge is 2.16. The number of carbonyl (C=O) groups is 1. The summed E-state index contributed by atoms with van der Waals surface area (Å²) in [7, 11) is 0. The number of hydrogen-bond acceptors (Lipinski definition) is 7. The predicted molar refractivity (Wildman–Crippen MR) is 80.1 cm³/mol. The summed E-state index contributed by atoms with van der Waals surface area (Å²) >= 11 is 0. The van der Waals surface area contributed by atoms with Gasteiger partial charge in [-0.3, -0.25) is 9.78 Å². The van der Waals surface area contributed by atoms with Crippen LogP contribution in [-0.4, -0.2) is 57.1 Å². The lowest BCUT2D eigenvalue weighted by Gasteiger charge is -2.17. The lowest BCUT2D eigenvalue weighted by molar-refractivity contribution is 0.0908. The van der Waals surface area contributed by atoms with Crippen LogP contribution in [0.15, 0.2) is 23.1 Å². The second-order valence-electron chi connectivity index (χ2n) is 4.65. The molecule has 0 aliphatic carbocycles. The minimum atomic E-state index is -0.373. The van der Waals surface area contributed by atoms with Gasteiger partial charge >= 0.3 is 11.8 Å². The van der Waals surface area contributed by atoms with Crippen molar-refractivity contribution in [2.45, 2.75) is 20.3 Å². The van der Waals surface area contributed by atoms with E-state index in [1.165, 1.54) is 12.4 Å². The number of nitrogens with zero attached hydrogens (tertiary/aromatic N) is 5. The standard InChI is InChI=1S/C14H20N6O2/c1-3-20(4-2)9-5-6-17-13(21)14-18-12(19-22-14)11-10-15-7-8-16-11/h7-8,10H,3-6,9H2,1-2H3,(H,17,21). The van der Waals surface area contributed by atoms with E-state index in [1.54, 1.807) is 6.20 Å². The van der Waals surface area contributed by atoms with Crippen molar-refractivity contribution in [1.29, 1.82) is 0 Å². The van der Waals surface area contributed by atoms with Crippen molar-refractivity contribution in [2.24, 2.45) is 0 Å². The third kappa shape index (κ3) is 4.32. The van der Waals surface area contributed by atoms with E-state index >= 15 is 0 Å². The molecule has 0 atom stereocenters. The van der Waals surface area contributed by atoms with Crippen LogP contribution in [0.25, 0.3) is 11.5 Å². The Morgan fingerprint density at radius 3 is 2.82 bits per heavy atom. The van der Waals surface area contributed by atoms with Crippen LogP contribution in [0.1, 0.15) is 31.0 Å². The summed E-state index contributed by atoms with van der Waals surface area (Å²) in [4.78, 5) is 26.2. The Morgan fingerprint density at radius 1 is 1.32 bits per heavy atom. The molecular formula is C14H20N6O2. The quantitative estimate of drug-likeness (QED) is 0.726. The van der Waals surface area contributed by atoms with Gasteiger partial charge in [-0.15, -0.1) is 0 Å². The van der Waals surface area contributed by atoms with Crippen LogP contribution in [0.2, 0.25) is 0 Å². The van der Waals surface area contributed by atoms with Crippen LogP contribution in [-0.2, 0) is 0 Å². The lowest BCUT2D eigenvalue weighted by Crippen LogP contribution is -2.30. The summed E-state index contributed by atoms with van der Waals surface area (Å²) < 4.78 is 4.95. The summed E-state index contributed by atoms with van der Waals surface area (Å²) in [6, 6.07) is 0. The Bertz CT molecular complexity index is 582. The minimum absolute atomic E-state index is 0.0662. The molecule has 0 spiro atoms. The molecule has 118 valence electrons. The molecule has 1 N–H and O–H groups in total. The van der Waals surface area contributed by atoms with E-state index < -0.39 is 0 Å². The van der Waals surface area contributed by atoms with Gasteiger partial charge in [0.15, 0.2) is 0 Å². The first kappa shape index (κ1) is 16.0. The third-order valence-electron chi connectivity index (χ3n) is 3.24. The second kappa shape index (κ2) is 8.18. The van der Waals surface area contributed by atoms with E-state index in [9.17, 15) is 4.79 Å². The van der Waals surface area contributed by atoms with Crippen molar-refractivity contribution in [3.05, 3.63) is 24.5 Å². The van der Waals surface area contributed by atoms with Crippen molar-refractivity contribution in [2.75, 3.05) is 26.2 Å². The van der Waals surface area contributed by atoms with E-state index in [0.29, 0.717) is 12.2 Å². The van der Waals surface area contributed by atoms with Gasteiger partial charge in [-0.1, -0.05) is 19.0 Å². The zero-order valence-corrected chi connectivity index (χ0v) is 12.8. The molecule has 0 fully saturated rings. The van der Waals surface area contributed by atoms with Gasteiger partial charge in [-0.25, -0.2) is 4.98 Å². The second-order valence-corrected chi connectivity index (χ2v) is 4.65. The molecule has 0 bridgehead atoms. The monoisotopic (exact) mass is 304 g/mol. The van der Waals surface area contributed by atoms with Gasteiger partial charge in [0, 0.05) is 18.9 Å². The molecule has 8 nitrogen and oxygen atoms in total. The third-order valence-corrected chi connectivity index (χ3v) is 3.24. The number of aromatic nitrogens is 4. The molecule has 0 saturated carbocycles. The molecule has 0 aliphatic rings. The van der Waals surface area contributed by atoms with Crippen LogP contribution < -0.4 is 5.32 Å². The molecule has 0 unspecified atom stereocenters. The Hall–Kier alpha value is -2.35. The van der Waals surface area contributed by atoms with E-state index in [1.807, 2.05) is 0 Å². The Kier molecular flexibility index (Phi) is 5.96. The first-order chi connectivity index (χ1) is 10.7. The number of amides is 1. The number of nitrogens with one attached hydrogen (secondary N) is 1. The highest BCUT2D eigenvalue weighted by molar-refractivity contribution is 5.89. The fourth-order valence-corrected chi connectivity index (χ4v) is 1.95. The number of carbonyl (C=O) groups excluding carboxylic acids is 1. The maximum absolute atomic E-state index is 11.9. The minimum Gasteiger partial charge on any atom is -0.348 e. The van der Waals surface area contributed by atoms with Crippen LogP contribution >= 0.6 is 0 Å². The van der Waals surface area contributed by atoms with Gasteiger partial charge < -0.3 is 14.7 Å². The Labute approximate surface area is 129 Å². The van der Waals surface area contributed by atoms with Gasteiger partial charge in [0.05, 0.1) is 6.20 Å². The molecule has 2 aromatic rings. The molecule has 2 heterocycles. The summed E-state index contributed by atoms with van der Waals surface area (Å²) in [5.41, 5.74) is 0.465. The highest BCUT2D eigenvalue weighted by Crippen LogP contribution is 2.10. The van der Waals surface area contributed by atoms with Gasteiger partial charge in [-0.05, 0) is 26.1 Å². The van der Waals surface area contributed by atoms with Crippen LogP contribution in [0, 0.1) is 0 Å². The molecule has 22 heavy (non-hydrogen) atoms. The number of rotatable bonds is 8. The van der Waals surface area contributed by atoms with E-state index in [4.69, 9.17) is 4.52 Å². The fraction of sp³-hybridized carbons (Fsp3) is 0.500. The van der Waals surface area contributed by atoms with Crippen molar-refractivity contribution < 1.29 is 9.32 Å². The highest BCUT2D eigenvalue weighted by atomic mass is 16.5. The van der Waals surface area contributed by atoms with Gasteiger partial charge in [0.1, 0.15) is 5.69 Å². The molecular weight excluding hydrogens is 284 g/mol. The normalized spacial score (nSPS) is 10.9. The zero-order chi connectivity index (χ0) is 15.8. The molecule has 0 aliphatic heterocycles. The van der Waals surface area contributed by atoms with Crippen LogP contribution in [0.3, 0.4) is 0 Å². The maximum atomic E-state index is 11.9. The van der Waals surface area contributed by atoms with Gasteiger partial charge in [0.25, 0.3) is 0 Å². The average molecular weight is 304 g/mol. The summed E-state index contributed by atoms with van der Waals surface area (Å²) in [5.74, 6) is -0.188. The van der Waals surface area contributed by atoms with Crippen molar-refractivity contribution in [1.82, 2.24) is 30.3 Å². The fourth-order valence-electron chi connectivity index (χ4n) is 1.95. The summed E-state index contributed by atoms with van der Waals surface area (Å²) in [6.07, 6.45) is 5.46. The molecule has 2 aromatic heterocycles. The largest absolute Gasteiger partial charge is 0.348 e. The van der Waals surface area contributed by atoms with Crippen molar-refractivity contribution in [3.8, 4) is 11.5 Å². The SMILES string of the molecule is CCN(CC)CCCNC(=O)c1nc(-c2cnccn2)no1. The van der Waals surface area contributed by atoms with E-state index in [0.717, 1.165) is 26.1 Å². The van der Waals surface area contributed by atoms with Crippen LogP contribution in [0.4, 0.5) is 0 Å². The molecule has 8 heteroatoms. The van der Waals surface area contributed by atoms with Gasteiger partial charge in [0.2, 0.25) is 5.82 Å². The van der Waals surface area contributed by atoms with E-state index in [-0.39, 0.29) is 17.6 Å². The van der Waals surface area contributed by atoms with Crippen LogP contribution in [0.5, 0.6) is 0 Å². The molecule has 0 saturated heterocycles. The topological polar surface area (TPSA) is 97.0 Å². The molecule has 1 amide bonds. The molecule has 2 rings (SSSR count). The number of hydrogen-bond donors (Lipinski definition) is 1. The maximum Gasteiger partial charge on any atom is 0.316 e. The Balaban J connectivity index is 1.82. The first-order valence-electron chi connectivity index (χ1n) is 7.35. The Morgan fingerprint density at radius 2 is 2.14 bits per heavy atom. The van der Waals surface area contributed by atoms with Crippen molar-refractivity contribution in [3.63, 3.8) is 0 Å². The van der Waals surface area contributed by atoms with Crippen molar-refractivity contribution >= 4 is 5.91 Å². The molecule has 0 radical (unpaired) electrons. The smallest absolute Gasteiger partial charge is 0.316 e. The summed E-state index contributed by atoms with van der Waals surface area (Å²) in [6.45, 7) is 7.77. The lowest BCUT2D eigenvalue weighted by atomic mass is 10.3. The van der Waals surface area contributed by atoms with Gasteiger partial charge in [-0.2, -0.15) is 4.98 Å². The predicted octanol–water partition coefficient (Wildman–Crippen LogP) is 0.988. The van der Waals surface area contributed by atoms with E-state index in [2.05, 4.69) is 44.2 Å². The molecule has 0 aromatic carbocycles. The first-order valence-corrected chi connectivity index (χ1v) is 7.35.